The third kappa shape index (κ3) is 5.46. The molecule has 0 radical (unpaired) electrons. The Morgan fingerprint density at radius 2 is 2.00 bits per heavy atom. The Balaban J connectivity index is 2.49. The van der Waals surface area contributed by atoms with Crippen LogP contribution < -0.4 is 5.32 Å². The van der Waals surface area contributed by atoms with Crippen LogP contribution >= 0.6 is 0 Å². The van der Waals surface area contributed by atoms with Gasteiger partial charge in [-0.2, -0.15) is 13.2 Å². The van der Waals surface area contributed by atoms with Gasteiger partial charge in [-0.25, -0.2) is 4.98 Å². The number of halogens is 3. The molecular weight excluding hydrogens is 255 g/mol. The molecule has 0 aliphatic rings. The Kier molecular flexibility index (Phi) is 6.08. The highest BCUT2D eigenvalue weighted by Crippen LogP contribution is 2.29. The molecule has 0 unspecified atom stereocenters. The Morgan fingerprint density at radius 3 is 2.58 bits per heavy atom. The van der Waals surface area contributed by atoms with Crippen molar-refractivity contribution in [2.45, 2.75) is 26.4 Å². The molecule has 0 saturated heterocycles. The van der Waals surface area contributed by atoms with Gasteiger partial charge >= 0.3 is 6.18 Å². The predicted molar refractivity (Wildman–Crippen MR) is 70.1 cm³/mol. The summed E-state index contributed by atoms with van der Waals surface area (Å²) in [5.74, 6) is 0.266. The summed E-state index contributed by atoms with van der Waals surface area (Å²) < 4.78 is 37.5. The number of hydrogen-bond donors (Lipinski definition) is 1. The molecule has 6 heteroatoms. The van der Waals surface area contributed by atoms with E-state index >= 15 is 0 Å². The van der Waals surface area contributed by atoms with Crippen molar-refractivity contribution in [3.8, 4) is 0 Å². The van der Waals surface area contributed by atoms with Crippen LogP contribution in [-0.4, -0.2) is 36.1 Å². The standard InChI is InChI=1S/C13H20F3N3/c1-3-8-19(4-2)9-7-18-12-10-11(5-6-17-12)13(14,15)16/h5-6,10H,3-4,7-9H2,1-2H3,(H,17,18). The van der Waals surface area contributed by atoms with Crippen LogP contribution in [-0.2, 0) is 6.18 Å². The van der Waals surface area contributed by atoms with E-state index in [0.29, 0.717) is 6.54 Å². The molecule has 0 amide bonds. The van der Waals surface area contributed by atoms with Gasteiger partial charge in [0, 0.05) is 19.3 Å². The number of rotatable bonds is 7. The maximum atomic E-state index is 12.5. The Labute approximate surface area is 111 Å². The van der Waals surface area contributed by atoms with Crippen LogP contribution in [0, 0.1) is 0 Å². The largest absolute Gasteiger partial charge is 0.416 e. The first-order valence-corrected chi connectivity index (χ1v) is 6.46. The SMILES string of the molecule is CCCN(CC)CCNc1cc(C(F)(F)F)ccn1. The minimum absolute atomic E-state index is 0.266. The first-order valence-electron chi connectivity index (χ1n) is 6.46. The molecule has 3 nitrogen and oxygen atoms in total. The van der Waals surface area contributed by atoms with Crippen LogP contribution in [0.5, 0.6) is 0 Å². The third-order valence-corrected chi connectivity index (χ3v) is 2.81. The number of alkyl halides is 3. The summed E-state index contributed by atoms with van der Waals surface area (Å²) in [4.78, 5) is 6.13. The van der Waals surface area contributed by atoms with Crippen LogP contribution in [0.2, 0.25) is 0 Å². The molecule has 1 rings (SSSR count). The van der Waals surface area contributed by atoms with E-state index < -0.39 is 11.7 Å². The number of anilines is 1. The molecule has 0 spiro atoms. The van der Waals surface area contributed by atoms with Gasteiger partial charge in [-0.1, -0.05) is 13.8 Å². The minimum Gasteiger partial charge on any atom is -0.369 e. The summed E-state index contributed by atoms with van der Waals surface area (Å²) in [6.45, 7) is 7.48. The van der Waals surface area contributed by atoms with Crippen molar-refractivity contribution in [3.63, 3.8) is 0 Å². The van der Waals surface area contributed by atoms with Crippen LogP contribution in [0.15, 0.2) is 18.3 Å². The fourth-order valence-corrected chi connectivity index (χ4v) is 1.79. The van der Waals surface area contributed by atoms with Crippen molar-refractivity contribution in [1.29, 1.82) is 0 Å². The van der Waals surface area contributed by atoms with Crippen molar-refractivity contribution < 1.29 is 13.2 Å². The number of nitrogens with one attached hydrogen (secondary N) is 1. The fourth-order valence-electron chi connectivity index (χ4n) is 1.79. The average molecular weight is 275 g/mol. The summed E-state index contributed by atoms with van der Waals surface area (Å²) >= 11 is 0. The molecule has 0 aliphatic heterocycles. The van der Waals surface area contributed by atoms with Crippen LogP contribution in [0.4, 0.5) is 19.0 Å². The van der Waals surface area contributed by atoms with Crippen molar-refractivity contribution >= 4 is 5.82 Å². The molecule has 0 saturated carbocycles. The molecule has 0 aromatic carbocycles. The molecule has 1 N–H and O–H groups in total. The zero-order chi connectivity index (χ0) is 14.3. The normalized spacial score (nSPS) is 11.9. The predicted octanol–water partition coefficient (Wildman–Crippen LogP) is 3.24. The molecule has 1 heterocycles. The van der Waals surface area contributed by atoms with Crippen molar-refractivity contribution in [2.75, 3.05) is 31.5 Å². The number of hydrogen-bond acceptors (Lipinski definition) is 3. The summed E-state index contributed by atoms with van der Waals surface area (Å²) in [7, 11) is 0. The lowest BCUT2D eigenvalue weighted by Gasteiger charge is -2.19. The third-order valence-electron chi connectivity index (χ3n) is 2.81. The molecule has 1 aromatic heterocycles. The van der Waals surface area contributed by atoms with Gasteiger partial charge in [0.15, 0.2) is 0 Å². The van der Waals surface area contributed by atoms with E-state index in [-0.39, 0.29) is 5.82 Å². The first kappa shape index (κ1) is 15.8. The molecule has 19 heavy (non-hydrogen) atoms. The first-order chi connectivity index (χ1) is 8.97. The number of aromatic nitrogens is 1. The molecular formula is C13H20F3N3. The molecule has 0 atom stereocenters. The highest BCUT2D eigenvalue weighted by molar-refractivity contribution is 5.38. The van der Waals surface area contributed by atoms with Gasteiger partial charge in [0.25, 0.3) is 0 Å². The van der Waals surface area contributed by atoms with Gasteiger partial charge in [-0.05, 0) is 31.6 Å². The Morgan fingerprint density at radius 1 is 1.26 bits per heavy atom. The summed E-state index contributed by atoms with van der Waals surface area (Å²) in [6.07, 6.45) is -2.08. The molecule has 0 fully saturated rings. The smallest absolute Gasteiger partial charge is 0.369 e. The maximum absolute atomic E-state index is 12.5. The summed E-state index contributed by atoms with van der Waals surface area (Å²) in [6, 6.07) is 2.01. The second-order valence-corrected chi connectivity index (χ2v) is 4.29. The number of likely N-dealkylation sites (N-methyl/N-ethyl adjacent to an activating group) is 1. The van der Waals surface area contributed by atoms with Crippen molar-refractivity contribution in [2.24, 2.45) is 0 Å². The lowest BCUT2D eigenvalue weighted by molar-refractivity contribution is -0.137. The van der Waals surface area contributed by atoms with Crippen LogP contribution in [0.25, 0.3) is 0 Å². The quantitative estimate of drug-likeness (QED) is 0.828. The maximum Gasteiger partial charge on any atom is 0.416 e. The Bertz CT molecular complexity index is 380. The van der Waals surface area contributed by atoms with Gasteiger partial charge in [0.05, 0.1) is 5.56 Å². The van der Waals surface area contributed by atoms with E-state index in [2.05, 4.69) is 29.0 Å². The van der Waals surface area contributed by atoms with E-state index in [0.717, 1.165) is 38.2 Å². The fraction of sp³-hybridized carbons (Fsp3) is 0.615. The van der Waals surface area contributed by atoms with Crippen LogP contribution in [0.1, 0.15) is 25.8 Å². The van der Waals surface area contributed by atoms with Gasteiger partial charge in [0.1, 0.15) is 5.82 Å². The lowest BCUT2D eigenvalue weighted by atomic mass is 10.2. The van der Waals surface area contributed by atoms with E-state index in [9.17, 15) is 13.2 Å². The number of pyridine rings is 1. The highest BCUT2D eigenvalue weighted by atomic mass is 19.4. The van der Waals surface area contributed by atoms with E-state index in [1.807, 2.05) is 0 Å². The monoisotopic (exact) mass is 275 g/mol. The van der Waals surface area contributed by atoms with Crippen LogP contribution in [0.3, 0.4) is 0 Å². The zero-order valence-electron chi connectivity index (χ0n) is 11.3. The van der Waals surface area contributed by atoms with Gasteiger partial charge in [0.2, 0.25) is 0 Å². The average Bonchev–Trinajstić information content (AvgIpc) is 2.37. The van der Waals surface area contributed by atoms with E-state index in [1.54, 1.807) is 0 Å². The van der Waals surface area contributed by atoms with E-state index in [1.165, 1.54) is 6.20 Å². The van der Waals surface area contributed by atoms with Gasteiger partial charge in [-0.3, -0.25) is 0 Å². The Hall–Kier alpha value is -1.30. The van der Waals surface area contributed by atoms with E-state index in [4.69, 9.17) is 0 Å². The summed E-state index contributed by atoms with van der Waals surface area (Å²) in [5, 5.41) is 2.93. The highest BCUT2D eigenvalue weighted by Gasteiger charge is 2.30. The lowest BCUT2D eigenvalue weighted by Crippen LogP contribution is -2.29. The molecule has 0 bridgehead atoms. The zero-order valence-corrected chi connectivity index (χ0v) is 11.3. The second kappa shape index (κ2) is 7.33. The second-order valence-electron chi connectivity index (χ2n) is 4.29. The number of nitrogens with zero attached hydrogens (tertiary/aromatic N) is 2. The topological polar surface area (TPSA) is 28.2 Å². The summed E-state index contributed by atoms with van der Waals surface area (Å²) in [5.41, 5.74) is -0.675. The van der Waals surface area contributed by atoms with Crippen molar-refractivity contribution in [1.82, 2.24) is 9.88 Å². The molecule has 108 valence electrons. The molecule has 1 aromatic rings. The van der Waals surface area contributed by atoms with Gasteiger partial charge < -0.3 is 10.2 Å². The molecule has 0 aliphatic carbocycles. The van der Waals surface area contributed by atoms with Crippen molar-refractivity contribution in [3.05, 3.63) is 23.9 Å². The minimum atomic E-state index is -4.32. The van der Waals surface area contributed by atoms with Gasteiger partial charge in [-0.15, -0.1) is 0 Å².